The van der Waals surface area contributed by atoms with Crippen LogP contribution < -0.4 is 5.32 Å². The average molecular weight is 299 g/mol. The number of nitrogens with one attached hydrogen (secondary N) is 1. The van der Waals surface area contributed by atoms with Gasteiger partial charge in [0, 0.05) is 11.4 Å². The molecule has 3 heterocycles. The maximum Gasteiger partial charge on any atom is 0.261 e. The highest BCUT2D eigenvalue weighted by molar-refractivity contribution is 6.06. The van der Waals surface area contributed by atoms with Gasteiger partial charge in [-0.25, -0.2) is 9.67 Å². The molecule has 3 aromatic heterocycles. The van der Waals surface area contributed by atoms with Crippen LogP contribution in [-0.2, 0) is 0 Å². The van der Waals surface area contributed by atoms with Crippen LogP contribution in [-0.4, -0.2) is 25.8 Å². The molecule has 0 unspecified atom stereocenters. The zero-order valence-electron chi connectivity index (χ0n) is 12.9. The fourth-order valence-electron chi connectivity index (χ4n) is 2.39. The number of hydrogen-bond donors (Lipinski definition) is 1. The highest BCUT2D eigenvalue weighted by Gasteiger charge is 2.18. The summed E-state index contributed by atoms with van der Waals surface area (Å²) in [6, 6.07) is 2.08. The molecule has 7 nitrogen and oxygen atoms in total. The van der Waals surface area contributed by atoms with E-state index in [1.165, 1.54) is 0 Å². The van der Waals surface area contributed by atoms with E-state index in [-0.39, 0.29) is 11.9 Å². The maximum absolute atomic E-state index is 12.3. The van der Waals surface area contributed by atoms with Crippen LogP contribution in [0, 0.1) is 13.8 Å². The van der Waals surface area contributed by atoms with E-state index in [2.05, 4.69) is 20.6 Å². The molecule has 0 atom stereocenters. The normalized spacial score (nSPS) is 11.3. The number of anilines is 1. The van der Waals surface area contributed by atoms with Gasteiger partial charge in [-0.2, -0.15) is 5.10 Å². The van der Waals surface area contributed by atoms with Crippen LogP contribution >= 0.6 is 0 Å². The molecule has 0 aliphatic carbocycles. The summed E-state index contributed by atoms with van der Waals surface area (Å²) < 4.78 is 6.86. The van der Waals surface area contributed by atoms with Gasteiger partial charge in [0.25, 0.3) is 5.91 Å². The van der Waals surface area contributed by atoms with Crippen LogP contribution in [0.2, 0.25) is 0 Å². The number of carbonyl (C=O) groups excluding carboxylic acids is 1. The van der Waals surface area contributed by atoms with Gasteiger partial charge >= 0.3 is 0 Å². The summed E-state index contributed by atoms with van der Waals surface area (Å²) in [5, 5.41) is 11.8. The van der Waals surface area contributed by atoms with E-state index in [1.807, 2.05) is 24.6 Å². The number of hydrogen-bond acceptors (Lipinski definition) is 5. The topological polar surface area (TPSA) is 85.8 Å². The van der Waals surface area contributed by atoms with Gasteiger partial charge in [0.05, 0.1) is 23.8 Å². The Hall–Kier alpha value is -2.70. The van der Waals surface area contributed by atoms with Gasteiger partial charge in [-0.15, -0.1) is 0 Å². The first-order valence-electron chi connectivity index (χ1n) is 7.05. The number of amides is 1. The minimum Gasteiger partial charge on any atom is -0.361 e. The zero-order valence-corrected chi connectivity index (χ0v) is 12.9. The van der Waals surface area contributed by atoms with E-state index in [0.717, 1.165) is 11.0 Å². The van der Waals surface area contributed by atoms with Crippen LogP contribution in [0.3, 0.4) is 0 Å². The van der Waals surface area contributed by atoms with Crippen molar-refractivity contribution in [3.8, 4) is 0 Å². The van der Waals surface area contributed by atoms with Gasteiger partial charge in [0.2, 0.25) is 0 Å². The molecule has 1 N–H and O–H groups in total. The van der Waals surface area contributed by atoms with Crippen LogP contribution in [0.4, 0.5) is 5.69 Å². The van der Waals surface area contributed by atoms with Crippen molar-refractivity contribution < 1.29 is 9.32 Å². The summed E-state index contributed by atoms with van der Waals surface area (Å²) in [5.41, 5.74) is 2.43. The zero-order chi connectivity index (χ0) is 15.9. The summed E-state index contributed by atoms with van der Waals surface area (Å²) in [7, 11) is 0. The molecule has 114 valence electrons. The molecule has 0 aliphatic heterocycles. The second kappa shape index (κ2) is 5.25. The maximum atomic E-state index is 12.3. The minimum atomic E-state index is -0.256. The highest BCUT2D eigenvalue weighted by Crippen LogP contribution is 2.20. The first kappa shape index (κ1) is 14.2. The van der Waals surface area contributed by atoms with Gasteiger partial charge in [-0.1, -0.05) is 5.16 Å². The molecular weight excluding hydrogens is 282 g/mol. The molecule has 0 saturated carbocycles. The minimum absolute atomic E-state index is 0.229. The molecule has 7 heteroatoms. The molecular formula is C15H17N5O2. The Morgan fingerprint density at radius 3 is 2.73 bits per heavy atom. The third-order valence-electron chi connectivity index (χ3n) is 3.44. The molecule has 22 heavy (non-hydrogen) atoms. The number of pyridine rings is 1. The Kier molecular flexibility index (Phi) is 3.40. The molecule has 0 fully saturated rings. The Balaban J connectivity index is 1.90. The number of fused-ring (bicyclic) bond motifs is 1. The lowest BCUT2D eigenvalue weighted by Crippen LogP contribution is -2.13. The fourth-order valence-corrected chi connectivity index (χ4v) is 2.39. The summed E-state index contributed by atoms with van der Waals surface area (Å²) in [4.78, 5) is 16.7. The van der Waals surface area contributed by atoms with Gasteiger partial charge in [0.1, 0.15) is 11.3 Å². The van der Waals surface area contributed by atoms with Gasteiger partial charge in [-0.3, -0.25) is 4.79 Å². The number of rotatable bonds is 3. The second-order valence-electron chi connectivity index (χ2n) is 5.47. The van der Waals surface area contributed by atoms with E-state index in [9.17, 15) is 4.79 Å². The summed E-state index contributed by atoms with van der Waals surface area (Å²) in [5.74, 6) is 0.241. The lowest BCUT2D eigenvalue weighted by molar-refractivity contribution is 0.102. The van der Waals surface area contributed by atoms with Crippen LogP contribution in [0.25, 0.3) is 11.0 Å². The van der Waals surface area contributed by atoms with Crippen molar-refractivity contribution >= 4 is 22.6 Å². The standard InChI is InChI=1S/C15H17N5O2/c1-8(2)20-14-11(6-17-20)5-12(7-16-14)18-15(21)13-9(3)19-22-10(13)4/h5-8H,1-4H3,(H,18,21). The predicted molar refractivity (Wildman–Crippen MR) is 81.8 cm³/mol. The van der Waals surface area contributed by atoms with Crippen molar-refractivity contribution in [1.82, 2.24) is 19.9 Å². The predicted octanol–water partition coefficient (Wildman–Crippen LogP) is 2.87. The van der Waals surface area contributed by atoms with Crippen LogP contribution in [0.5, 0.6) is 0 Å². The Bertz CT molecular complexity index is 827. The number of carbonyl (C=O) groups is 1. The van der Waals surface area contributed by atoms with Crippen LogP contribution in [0.1, 0.15) is 41.7 Å². The first-order valence-corrected chi connectivity index (χ1v) is 7.05. The average Bonchev–Trinajstić information content (AvgIpc) is 3.02. The molecule has 0 aliphatic rings. The Morgan fingerprint density at radius 1 is 1.32 bits per heavy atom. The molecule has 1 amide bonds. The van der Waals surface area contributed by atoms with Crippen molar-refractivity contribution in [2.45, 2.75) is 33.7 Å². The van der Waals surface area contributed by atoms with E-state index < -0.39 is 0 Å². The van der Waals surface area contributed by atoms with Crippen molar-refractivity contribution in [2.75, 3.05) is 5.32 Å². The Labute approximate surface area is 127 Å². The molecule has 0 saturated heterocycles. The van der Waals surface area contributed by atoms with Gasteiger partial charge in [-0.05, 0) is 33.8 Å². The number of aryl methyl sites for hydroxylation is 2. The van der Waals surface area contributed by atoms with Crippen LogP contribution in [0.15, 0.2) is 23.0 Å². The molecule has 3 rings (SSSR count). The van der Waals surface area contributed by atoms with Gasteiger partial charge < -0.3 is 9.84 Å². The van der Waals surface area contributed by atoms with Crippen molar-refractivity contribution in [1.29, 1.82) is 0 Å². The molecule has 0 bridgehead atoms. The third-order valence-corrected chi connectivity index (χ3v) is 3.44. The highest BCUT2D eigenvalue weighted by atomic mass is 16.5. The molecule has 0 spiro atoms. The van der Waals surface area contributed by atoms with E-state index in [4.69, 9.17) is 4.52 Å². The molecule has 0 radical (unpaired) electrons. The monoisotopic (exact) mass is 299 g/mol. The van der Waals surface area contributed by atoms with E-state index in [0.29, 0.717) is 22.7 Å². The largest absolute Gasteiger partial charge is 0.361 e. The lowest BCUT2D eigenvalue weighted by Gasteiger charge is -2.07. The summed E-state index contributed by atoms with van der Waals surface area (Å²) in [6.07, 6.45) is 3.37. The molecule has 3 aromatic rings. The van der Waals surface area contributed by atoms with E-state index in [1.54, 1.807) is 26.2 Å². The second-order valence-corrected chi connectivity index (χ2v) is 5.47. The summed E-state index contributed by atoms with van der Waals surface area (Å²) in [6.45, 7) is 7.53. The first-order chi connectivity index (χ1) is 10.5. The lowest BCUT2D eigenvalue weighted by atomic mass is 10.2. The fraction of sp³-hybridized carbons (Fsp3) is 0.333. The van der Waals surface area contributed by atoms with E-state index >= 15 is 0 Å². The van der Waals surface area contributed by atoms with Crippen molar-refractivity contribution in [3.05, 3.63) is 35.5 Å². The smallest absolute Gasteiger partial charge is 0.261 e. The van der Waals surface area contributed by atoms with Gasteiger partial charge in [0.15, 0.2) is 5.65 Å². The van der Waals surface area contributed by atoms with Crippen molar-refractivity contribution in [3.63, 3.8) is 0 Å². The quantitative estimate of drug-likeness (QED) is 0.803. The number of nitrogens with zero attached hydrogens (tertiary/aromatic N) is 4. The number of aromatic nitrogens is 4. The third kappa shape index (κ3) is 2.34. The summed E-state index contributed by atoms with van der Waals surface area (Å²) >= 11 is 0. The molecule has 0 aromatic carbocycles. The SMILES string of the molecule is Cc1noc(C)c1C(=O)Nc1cnc2c(cnn2C(C)C)c1. The van der Waals surface area contributed by atoms with Crippen molar-refractivity contribution in [2.24, 2.45) is 0 Å². The Morgan fingerprint density at radius 2 is 2.09 bits per heavy atom.